The Morgan fingerprint density at radius 2 is 1.83 bits per heavy atom. The lowest BCUT2D eigenvalue weighted by molar-refractivity contribution is 0.111. The Morgan fingerprint density at radius 3 is 2.55 bits per heavy atom. The molecule has 9 heteroatoms. The average molecular weight is 395 g/mol. The fourth-order valence-electron chi connectivity index (χ4n) is 2.56. The molecule has 3 aromatic rings. The van der Waals surface area contributed by atoms with E-state index >= 15 is 0 Å². The van der Waals surface area contributed by atoms with Gasteiger partial charge >= 0.3 is 6.09 Å². The number of hydrogen-bond acceptors (Lipinski definition) is 7. The van der Waals surface area contributed by atoms with Crippen LogP contribution in [0.2, 0.25) is 0 Å². The number of hydroxylamine groups is 1. The quantitative estimate of drug-likeness (QED) is 0.450. The Kier molecular flexibility index (Phi) is 6.54. The van der Waals surface area contributed by atoms with Gasteiger partial charge in [0, 0.05) is 5.56 Å². The van der Waals surface area contributed by atoms with Gasteiger partial charge in [-0.15, -0.1) is 5.10 Å². The highest BCUT2D eigenvalue weighted by Crippen LogP contribution is 2.22. The van der Waals surface area contributed by atoms with Crippen molar-refractivity contribution in [2.24, 2.45) is 5.16 Å². The summed E-state index contributed by atoms with van der Waals surface area (Å²) in [5.41, 5.74) is 2.62. The number of ether oxygens (including phenoxy) is 1. The first kappa shape index (κ1) is 20.0. The average Bonchev–Trinajstić information content (AvgIpc) is 3.26. The number of oxime groups is 1. The molecule has 3 rings (SSSR count). The van der Waals surface area contributed by atoms with Crippen molar-refractivity contribution in [3.8, 4) is 5.69 Å². The van der Waals surface area contributed by atoms with Crippen molar-refractivity contribution in [3.63, 3.8) is 0 Å². The highest BCUT2D eigenvalue weighted by atomic mass is 16.7. The molecule has 1 aromatic heterocycles. The van der Waals surface area contributed by atoms with Crippen LogP contribution in [0.4, 0.5) is 10.5 Å². The molecule has 0 aliphatic heterocycles. The number of nitrogens with zero attached hydrogens (tertiary/aromatic N) is 5. The van der Waals surface area contributed by atoms with Crippen LogP contribution in [-0.2, 0) is 21.0 Å². The molecule has 0 N–H and O–H groups in total. The second-order valence-electron chi connectivity index (χ2n) is 5.87. The zero-order valence-electron chi connectivity index (χ0n) is 16.3. The number of para-hydroxylation sites is 2. The van der Waals surface area contributed by atoms with Crippen molar-refractivity contribution in [3.05, 3.63) is 72.3 Å². The van der Waals surface area contributed by atoms with Crippen molar-refractivity contribution in [2.45, 2.75) is 13.5 Å². The number of methoxy groups -OCH3 is 1. The van der Waals surface area contributed by atoms with Crippen molar-refractivity contribution >= 4 is 17.5 Å². The molecule has 0 spiro atoms. The van der Waals surface area contributed by atoms with Gasteiger partial charge in [-0.3, -0.25) is 4.84 Å². The number of hydrogen-bond donors (Lipinski definition) is 0. The second-order valence-corrected chi connectivity index (χ2v) is 5.87. The number of amides is 1. The maximum atomic E-state index is 11.9. The molecule has 0 bridgehead atoms. The summed E-state index contributed by atoms with van der Waals surface area (Å²) in [7, 11) is 2.66. The molecule has 9 nitrogen and oxygen atoms in total. The summed E-state index contributed by atoms with van der Waals surface area (Å²) >= 11 is 0. The molecule has 0 aliphatic carbocycles. The highest BCUT2D eigenvalue weighted by molar-refractivity contribution is 5.94. The van der Waals surface area contributed by atoms with Crippen LogP contribution in [0.5, 0.6) is 0 Å². The summed E-state index contributed by atoms with van der Waals surface area (Å²) in [6, 6.07) is 16.8. The fourth-order valence-corrected chi connectivity index (χ4v) is 2.56. The number of carbonyl (C=O) groups is 1. The van der Waals surface area contributed by atoms with Crippen LogP contribution in [-0.4, -0.2) is 40.8 Å². The van der Waals surface area contributed by atoms with Crippen LogP contribution in [0.1, 0.15) is 18.3 Å². The van der Waals surface area contributed by atoms with E-state index in [9.17, 15) is 4.79 Å². The first-order valence-electron chi connectivity index (χ1n) is 8.78. The molecular formula is C20H21N5O4. The molecular weight excluding hydrogens is 374 g/mol. The predicted octanol–water partition coefficient (Wildman–Crippen LogP) is 3.34. The molecule has 0 saturated heterocycles. The second kappa shape index (κ2) is 9.47. The first-order valence-corrected chi connectivity index (χ1v) is 8.78. The molecule has 0 unspecified atom stereocenters. The molecule has 2 aromatic carbocycles. The maximum Gasteiger partial charge on any atom is 0.438 e. The van der Waals surface area contributed by atoms with E-state index < -0.39 is 6.09 Å². The molecule has 0 saturated carbocycles. The molecule has 150 valence electrons. The van der Waals surface area contributed by atoms with Crippen LogP contribution in [0.25, 0.3) is 5.69 Å². The molecule has 0 radical (unpaired) electrons. The summed E-state index contributed by atoms with van der Waals surface area (Å²) in [5.74, 6) is 0.454. The van der Waals surface area contributed by atoms with E-state index in [0.717, 1.165) is 10.8 Å². The van der Waals surface area contributed by atoms with Gasteiger partial charge in [0.1, 0.15) is 18.6 Å². The van der Waals surface area contributed by atoms with Gasteiger partial charge in [0.2, 0.25) is 0 Å². The van der Waals surface area contributed by atoms with Crippen molar-refractivity contribution in [1.82, 2.24) is 14.8 Å². The summed E-state index contributed by atoms with van der Waals surface area (Å²) in [5, 5.41) is 9.54. The lowest BCUT2D eigenvalue weighted by Gasteiger charge is -2.20. The molecule has 1 amide bonds. The van der Waals surface area contributed by atoms with E-state index in [1.807, 2.05) is 36.4 Å². The molecule has 29 heavy (non-hydrogen) atoms. The van der Waals surface area contributed by atoms with Crippen LogP contribution >= 0.6 is 0 Å². The minimum absolute atomic E-state index is 0.115. The highest BCUT2D eigenvalue weighted by Gasteiger charge is 2.19. The number of benzene rings is 2. The monoisotopic (exact) mass is 395 g/mol. The largest absolute Gasteiger partial charge is 0.451 e. The number of aromatic nitrogens is 3. The topological polar surface area (TPSA) is 91.1 Å². The Hall–Kier alpha value is -3.72. The standard InChI is InChI=1S/C20H21N5O4/c1-15(19-21-14-24(22-19)17-10-5-4-6-11-17)23-29-13-16-9-7-8-12-18(16)25(28-3)20(26)27-2/h4-12,14H,13H2,1-3H3/b23-15+. The van der Waals surface area contributed by atoms with E-state index in [4.69, 9.17) is 14.4 Å². The van der Waals surface area contributed by atoms with Crippen molar-refractivity contribution in [2.75, 3.05) is 19.3 Å². The Bertz CT molecular complexity index is 987. The van der Waals surface area contributed by atoms with Gasteiger partial charge in [-0.1, -0.05) is 41.6 Å². The Morgan fingerprint density at radius 1 is 1.10 bits per heavy atom. The third-order valence-corrected chi connectivity index (χ3v) is 3.99. The third kappa shape index (κ3) is 4.77. The van der Waals surface area contributed by atoms with Gasteiger partial charge in [0.25, 0.3) is 0 Å². The van der Waals surface area contributed by atoms with E-state index in [1.165, 1.54) is 14.2 Å². The predicted molar refractivity (Wildman–Crippen MR) is 107 cm³/mol. The van der Waals surface area contributed by atoms with Gasteiger partial charge in [-0.05, 0) is 25.1 Å². The third-order valence-electron chi connectivity index (χ3n) is 3.99. The van der Waals surface area contributed by atoms with Crippen LogP contribution in [0, 0.1) is 0 Å². The zero-order chi connectivity index (χ0) is 20.6. The number of rotatable bonds is 7. The molecule has 0 fully saturated rings. The lowest BCUT2D eigenvalue weighted by Crippen LogP contribution is -2.30. The Labute approximate surface area is 168 Å². The molecule has 0 atom stereocenters. The summed E-state index contributed by atoms with van der Waals surface area (Å²) < 4.78 is 6.39. The summed E-state index contributed by atoms with van der Waals surface area (Å²) in [6.45, 7) is 1.87. The normalized spacial score (nSPS) is 11.2. The fraction of sp³-hybridized carbons (Fsp3) is 0.200. The van der Waals surface area contributed by atoms with Gasteiger partial charge in [-0.2, -0.15) is 5.06 Å². The minimum atomic E-state index is -0.643. The first-order chi connectivity index (χ1) is 14.1. The van der Waals surface area contributed by atoms with E-state index in [-0.39, 0.29) is 6.61 Å². The van der Waals surface area contributed by atoms with Crippen LogP contribution in [0.3, 0.4) is 0 Å². The Balaban J connectivity index is 1.70. The number of carbonyl (C=O) groups excluding carboxylic acids is 1. The van der Waals surface area contributed by atoms with Crippen molar-refractivity contribution in [1.29, 1.82) is 0 Å². The van der Waals surface area contributed by atoms with Gasteiger partial charge in [-0.25, -0.2) is 14.5 Å². The van der Waals surface area contributed by atoms with Gasteiger partial charge < -0.3 is 9.57 Å². The minimum Gasteiger partial charge on any atom is -0.451 e. The van der Waals surface area contributed by atoms with E-state index in [0.29, 0.717) is 22.8 Å². The maximum absolute atomic E-state index is 11.9. The zero-order valence-corrected chi connectivity index (χ0v) is 16.3. The number of anilines is 1. The van der Waals surface area contributed by atoms with E-state index in [2.05, 4.69) is 15.2 Å². The van der Waals surface area contributed by atoms with Gasteiger partial charge in [0.05, 0.1) is 25.6 Å². The van der Waals surface area contributed by atoms with Gasteiger partial charge in [0.15, 0.2) is 5.82 Å². The van der Waals surface area contributed by atoms with Crippen molar-refractivity contribution < 1.29 is 19.2 Å². The lowest BCUT2D eigenvalue weighted by atomic mass is 10.2. The molecule has 0 aliphatic rings. The molecule has 1 heterocycles. The van der Waals surface area contributed by atoms with Crippen LogP contribution < -0.4 is 5.06 Å². The van der Waals surface area contributed by atoms with Crippen LogP contribution in [0.15, 0.2) is 66.1 Å². The SMILES string of the molecule is COC(=O)N(OC)c1ccccc1CO/N=C(\C)c1ncn(-c2ccccc2)n1. The summed E-state index contributed by atoms with van der Waals surface area (Å²) in [4.78, 5) is 26.7. The summed E-state index contributed by atoms with van der Waals surface area (Å²) in [6.07, 6.45) is 0.974. The smallest absolute Gasteiger partial charge is 0.438 e. The van der Waals surface area contributed by atoms with E-state index in [1.54, 1.807) is 36.1 Å².